The van der Waals surface area contributed by atoms with Gasteiger partial charge in [0, 0.05) is 28.7 Å². The summed E-state index contributed by atoms with van der Waals surface area (Å²) in [5, 5.41) is 9.92. The first kappa shape index (κ1) is 21.9. The van der Waals surface area contributed by atoms with Gasteiger partial charge in [0.15, 0.2) is 16.8 Å². The molecule has 0 atom stereocenters. The lowest BCUT2D eigenvalue weighted by molar-refractivity contribution is 0.101. The van der Waals surface area contributed by atoms with Crippen molar-refractivity contribution in [2.75, 3.05) is 20.0 Å². The Kier molecular flexibility index (Phi) is 6.72. The zero-order valence-electron chi connectivity index (χ0n) is 17.4. The standard InChI is InChI=1S/C23H19ClN4O3S/c1-30-18-7-8-21(31-2)19(13-18)20(29)14-32-23-27-26-22(15-9-11-25-12-10-15)28(23)17-5-3-16(24)4-6-17/h3-13H,14H2,1-2H3. The van der Waals surface area contributed by atoms with Crippen LogP contribution in [0, 0.1) is 0 Å². The number of carbonyl (C=O) groups is 1. The SMILES string of the molecule is COc1ccc(OC)c(C(=O)CSc2nnc(-c3ccncc3)n2-c2ccc(Cl)cc2)c1. The number of methoxy groups -OCH3 is 2. The molecule has 7 nitrogen and oxygen atoms in total. The molecule has 0 unspecified atom stereocenters. The van der Waals surface area contributed by atoms with Crippen LogP contribution in [-0.2, 0) is 0 Å². The smallest absolute Gasteiger partial charge is 0.196 e. The highest BCUT2D eigenvalue weighted by Crippen LogP contribution is 2.30. The van der Waals surface area contributed by atoms with Gasteiger partial charge in [-0.3, -0.25) is 14.3 Å². The summed E-state index contributed by atoms with van der Waals surface area (Å²) >= 11 is 7.36. The number of halogens is 1. The van der Waals surface area contributed by atoms with Crippen molar-refractivity contribution in [2.24, 2.45) is 0 Å². The van der Waals surface area contributed by atoms with Gasteiger partial charge in [0.1, 0.15) is 11.5 Å². The van der Waals surface area contributed by atoms with Crippen LogP contribution in [0.15, 0.2) is 72.1 Å². The fraction of sp³-hybridized carbons (Fsp3) is 0.130. The maximum atomic E-state index is 13.0. The minimum Gasteiger partial charge on any atom is -0.497 e. The van der Waals surface area contributed by atoms with E-state index in [1.54, 1.807) is 49.8 Å². The Morgan fingerprint density at radius 1 is 1.00 bits per heavy atom. The quantitative estimate of drug-likeness (QED) is 0.268. The summed E-state index contributed by atoms with van der Waals surface area (Å²) in [6.45, 7) is 0. The average Bonchev–Trinajstić information content (AvgIpc) is 3.27. The molecule has 4 aromatic rings. The molecule has 0 aliphatic rings. The van der Waals surface area contributed by atoms with Gasteiger partial charge in [0.25, 0.3) is 0 Å². The molecule has 0 aliphatic heterocycles. The van der Waals surface area contributed by atoms with Crippen molar-refractivity contribution in [3.8, 4) is 28.6 Å². The summed E-state index contributed by atoms with van der Waals surface area (Å²) in [4.78, 5) is 17.1. The van der Waals surface area contributed by atoms with Gasteiger partial charge in [0.05, 0.1) is 25.5 Å². The highest BCUT2D eigenvalue weighted by atomic mass is 35.5. The van der Waals surface area contributed by atoms with E-state index >= 15 is 0 Å². The number of hydrogen-bond acceptors (Lipinski definition) is 7. The third-order valence-corrected chi connectivity index (χ3v) is 5.88. The monoisotopic (exact) mass is 466 g/mol. The third kappa shape index (κ3) is 4.61. The van der Waals surface area contributed by atoms with Gasteiger partial charge in [-0.1, -0.05) is 23.4 Å². The van der Waals surface area contributed by atoms with Crippen molar-refractivity contribution in [3.63, 3.8) is 0 Å². The zero-order chi connectivity index (χ0) is 22.5. The van der Waals surface area contributed by atoms with Gasteiger partial charge in [-0.25, -0.2) is 0 Å². The van der Waals surface area contributed by atoms with Crippen LogP contribution in [0.2, 0.25) is 5.02 Å². The molecule has 0 radical (unpaired) electrons. The van der Waals surface area contributed by atoms with Gasteiger partial charge in [0.2, 0.25) is 0 Å². The first-order valence-corrected chi connectivity index (χ1v) is 11.0. The van der Waals surface area contributed by atoms with E-state index in [0.717, 1.165) is 11.3 Å². The van der Waals surface area contributed by atoms with Crippen molar-refractivity contribution < 1.29 is 14.3 Å². The van der Waals surface area contributed by atoms with Crippen LogP contribution in [0.1, 0.15) is 10.4 Å². The highest BCUT2D eigenvalue weighted by molar-refractivity contribution is 7.99. The first-order chi connectivity index (χ1) is 15.6. The molecule has 162 valence electrons. The van der Waals surface area contributed by atoms with E-state index in [2.05, 4.69) is 15.2 Å². The predicted molar refractivity (Wildman–Crippen MR) is 124 cm³/mol. The van der Waals surface area contributed by atoms with Crippen molar-refractivity contribution in [2.45, 2.75) is 5.16 Å². The summed E-state index contributed by atoms with van der Waals surface area (Å²) in [5.41, 5.74) is 2.14. The molecule has 9 heteroatoms. The summed E-state index contributed by atoms with van der Waals surface area (Å²) in [7, 11) is 3.09. The van der Waals surface area contributed by atoms with E-state index in [9.17, 15) is 4.79 Å². The normalized spacial score (nSPS) is 10.7. The minimum atomic E-state index is -0.109. The summed E-state index contributed by atoms with van der Waals surface area (Å²) in [5.74, 6) is 1.76. The van der Waals surface area contributed by atoms with Gasteiger partial charge in [-0.2, -0.15) is 0 Å². The molecule has 2 aromatic carbocycles. The van der Waals surface area contributed by atoms with Crippen LogP contribution in [0.25, 0.3) is 17.1 Å². The lowest BCUT2D eigenvalue weighted by Gasteiger charge is -2.11. The van der Waals surface area contributed by atoms with Gasteiger partial charge in [-0.15, -0.1) is 10.2 Å². The lowest BCUT2D eigenvalue weighted by Crippen LogP contribution is -2.07. The predicted octanol–water partition coefficient (Wildman–Crippen LogP) is 4.97. The highest BCUT2D eigenvalue weighted by Gasteiger charge is 2.19. The van der Waals surface area contributed by atoms with Crippen LogP contribution in [0.4, 0.5) is 0 Å². The largest absolute Gasteiger partial charge is 0.497 e. The maximum absolute atomic E-state index is 13.0. The molecule has 0 aliphatic carbocycles. The van der Waals surface area contributed by atoms with Crippen molar-refractivity contribution in [1.29, 1.82) is 0 Å². The number of carbonyl (C=O) groups excluding carboxylic acids is 1. The Labute approximate surface area is 194 Å². The molecule has 2 aromatic heterocycles. The number of hydrogen-bond donors (Lipinski definition) is 0. The summed E-state index contributed by atoms with van der Waals surface area (Å²) < 4.78 is 12.5. The molecule has 2 heterocycles. The number of nitrogens with zero attached hydrogens (tertiary/aromatic N) is 4. The first-order valence-electron chi connectivity index (χ1n) is 9.60. The molecule has 4 rings (SSSR count). The molecular weight excluding hydrogens is 448 g/mol. The molecule has 32 heavy (non-hydrogen) atoms. The van der Waals surface area contributed by atoms with Crippen molar-refractivity contribution in [3.05, 3.63) is 77.6 Å². The minimum absolute atomic E-state index is 0.109. The Balaban J connectivity index is 1.67. The number of thioether (sulfide) groups is 1. The lowest BCUT2D eigenvalue weighted by atomic mass is 10.1. The number of Topliss-reactive ketones (excluding diaryl/α,β-unsaturated/α-hetero) is 1. The van der Waals surface area contributed by atoms with Crippen LogP contribution >= 0.6 is 23.4 Å². The number of pyridine rings is 1. The number of ether oxygens (including phenoxy) is 2. The van der Waals surface area contributed by atoms with Crippen LogP contribution in [-0.4, -0.2) is 45.5 Å². The number of ketones is 1. The van der Waals surface area contributed by atoms with Crippen LogP contribution in [0.5, 0.6) is 11.5 Å². The van der Waals surface area contributed by atoms with E-state index in [1.165, 1.54) is 18.9 Å². The van der Waals surface area contributed by atoms with E-state index in [4.69, 9.17) is 21.1 Å². The average molecular weight is 467 g/mol. The van der Waals surface area contributed by atoms with Crippen LogP contribution in [0.3, 0.4) is 0 Å². The summed E-state index contributed by atoms with van der Waals surface area (Å²) in [6, 6.07) is 16.2. The molecular formula is C23H19ClN4O3S. The van der Waals surface area contributed by atoms with E-state index in [1.807, 2.05) is 28.8 Å². The van der Waals surface area contributed by atoms with Crippen molar-refractivity contribution >= 4 is 29.1 Å². The Hall–Kier alpha value is -3.36. The van der Waals surface area contributed by atoms with Crippen LogP contribution < -0.4 is 9.47 Å². The molecule has 0 bridgehead atoms. The topological polar surface area (TPSA) is 79.1 Å². The maximum Gasteiger partial charge on any atom is 0.196 e. The number of aromatic nitrogens is 4. The second-order valence-corrected chi connectivity index (χ2v) is 8.01. The zero-order valence-corrected chi connectivity index (χ0v) is 18.9. The number of rotatable bonds is 8. The fourth-order valence-electron chi connectivity index (χ4n) is 3.11. The molecule has 0 fully saturated rings. The third-order valence-electron chi connectivity index (χ3n) is 4.70. The van der Waals surface area contributed by atoms with E-state index in [0.29, 0.717) is 33.1 Å². The molecule has 0 amide bonds. The molecule has 0 N–H and O–H groups in total. The van der Waals surface area contributed by atoms with E-state index in [-0.39, 0.29) is 11.5 Å². The second-order valence-electron chi connectivity index (χ2n) is 6.63. The van der Waals surface area contributed by atoms with Gasteiger partial charge in [-0.05, 0) is 54.6 Å². The van der Waals surface area contributed by atoms with Gasteiger partial charge < -0.3 is 9.47 Å². The van der Waals surface area contributed by atoms with Crippen molar-refractivity contribution in [1.82, 2.24) is 19.7 Å². The second kappa shape index (κ2) is 9.84. The fourth-order valence-corrected chi connectivity index (χ4v) is 4.08. The van der Waals surface area contributed by atoms with Gasteiger partial charge >= 0.3 is 0 Å². The Morgan fingerprint density at radius 3 is 2.44 bits per heavy atom. The Bertz CT molecular complexity index is 1230. The molecule has 0 saturated heterocycles. The Morgan fingerprint density at radius 2 is 1.75 bits per heavy atom. The summed E-state index contributed by atoms with van der Waals surface area (Å²) in [6.07, 6.45) is 3.39. The molecule has 0 spiro atoms. The number of benzene rings is 2. The molecule has 0 saturated carbocycles. The van der Waals surface area contributed by atoms with E-state index < -0.39 is 0 Å².